The average molecular weight is 320 g/mol. The van der Waals surface area contributed by atoms with Crippen LogP contribution in [0.25, 0.3) is 11.4 Å². The summed E-state index contributed by atoms with van der Waals surface area (Å²) in [4.78, 5) is 4.06. The lowest BCUT2D eigenvalue weighted by Crippen LogP contribution is -2.19. The number of aromatic nitrogens is 2. The predicted octanol–water partition coefficient (Wildman–Crippen LogP) is 3.28. The third-order valence-electron chi connectivity index (χ3n) is 3.28. The Kier molecular flexibility index (Phi) is 4.25. The zero-order valence-corrected chi connectivity index (χ0v) is 11.9. The predicted molar refractivity (Wildman–Crippen MR) is 72.0 cm³/mol. The Morgan fingerprint density at radius 3 is 2.76 bits per heavy atom. The molecule has 2 heterocycles. The van der Waals surface area contributed by atoms with E-state index in [2.05, 4.69) is 15.5 Å². The van der Waals surface area contributed by atoms with E-state index in [1.54, 1.807) is 19.1 Å². The zero-order valence-electron chi connectivity index (χ0n) is 11.1. The fourth-order valence-corrected chi connectivity index (χ4v) is 2.12. The van der Waals surface area contributed by atoms with Crippen molar-refractivity contribution < 1.29 is 17.7 Å². The van der Waals surface area contributed by atoms with Crippen molar-refractivity contribution in [2.75, 3.05) is 6.54 Å². The van der Waals surface area contributed by atoms with Gasteiger partial charge in [0.2, 0.25) is 11.7 Å². The molecule has 3 rings (SSSR count). The molecule has 0 aliphatic carbocycles. The van der Waals surface area contributed by atoms with Crippen molar-refractivity contribution in [2.45, 2.75) is 25.3 Å². The minimum Gasteiger partial charge on any atom is -0.337 e. The second kappa shape index (κ2) is 5.65. The van der Waals surface area contributed by atoms with Gasteiger partial charge in [0.15, 0.2) is 0 Å². The first-order chi connectivity index (χ1) is 9.44. The van der Waals surface area contributed by atoms with Crippen LogP contribution >= 0.6 is 12.4 Å². The van der Waals surface area contributed by atoms with Crippen molar-refractivity contribution in [1.29, 1.82) is 0 Å². The quantitative estimate of drug-likeness (QED) is 0.923. The van der Waals surface area contributed by atoms with Crippen molar-refractivity contribution in [3.8, 4) is 11.4 Å². The van der Waals surface area contributed by atoms with Crippen molar-refractivity contribution in [3.05, 3.63) is 35.5 Å². The summed E-state index contributed by atoms with van der Waals surface area (Å²) >= 11 is 0. The molecular formula is C13H13ClF3N3O. The smallest absolute Gasteiger partial charge is 0.262 e. The monoisotopic (exact) mass is 319 g/mol. The molecule has 0 amide bonds. The summed E-state index contributed by atoms with van der Waals surface area (Å²) in [5, 5.41) is 6.34. The summed E-state index contributed by atoms with van der Waals surface area (Å²) in [7, 11) is 0. The number of alkyl halides is 2. The van der Waals surface area contributed by atoms with Gasteiger partial charge in [0.25, 0.3) is 5.92 Å². The number of nitrogens with one attached hydrogen (secondary N) is 1. The standard InChI is InChI=1S/C13H12F3N3O.ClH/c1-7-2-3-8(4-9(7)14)11-18-12(20-19-11)10-5-13(15,16)6-17-10;/h2-4,10,17H,5-6H2,1H3;1H. The van der Waals surface area contributed by atoms with E-state index in [4.69, 9.17) is 4.52 Å². The molecule has 1 fully saturated rings. The highest BCUT2D eigenvalue weighted by Crippen LogP contribution is 2.33. The van der Waals surface area contributed by atoms with Gasteiger partial charge >= 0.3 is 0 Å². The molecule has 21 heavy (non-hydrogen) atoms. The van der Waals surface area contributed by atoms with E-state index in [0.29, 0.717) is 11.1 Å². The number of hydrogen-bond donors (Lipinski definition) is 1. The third-order valence-corrected chi connectivity index (χ3v) is 3.28. The first kappa shape index (κ1) is 15.8. The van der Waals surface area contributed by atoms with Crippen LogP contribution in [-0.4, -0.2) is 22.6 Å². The number of aryl methyl sites for hydroxylation is 1. The Morgan fingerprint density at radius 2 is 2.14 bits per heavy atom. The Labute approximate surface area is 125 Å². The highest BCUT2D eigenvalue weighted by atomic mass is 35.5. The van der Waals surface area contributed by atoms with Crippen LogP contribution in [-0.2, 0) is 0 Å². The van der Waals surface area contributed by atoms with Gasteiger partial charge in [-0.15, -0.1) is 12.4 Å². The summed E-state index contributed by atoms with van der Waals surface area (Å²) in [6.07, 6.45) is -0.378. The number of benzene rings is 1. The fourth-order valence-electron chi connectivity index (χ4n) is 2.12. The Bertz CT molecular complexity index is 647. The molecule has 0 bridgehead atoms. The van der Waals surface area contributed by atoms with E-state index >= 15 is 0 Å². The second-order valence-corrected chi connectivity index (χ2v) is 4.91. The molecule has 1 aromatic carbocycles. The maximum absolute atomic E-state index is 13.5. The number of rotatable bonds is 2. The molecule has 0 spiro atoms. The van der Waals surface area contributed by atoms with E-state index in [9.17, 15) is 13.2 Å². The summed E-state index contributed by atoms with van der Waals surface area (Å²) in [6, 6.07) is 3.88. The molecule has 1 saturated heterocycles. The molecule has 2 aromatic rings. The van der Waals surface area contributed by atoms with Gasteiger partial charge in [-0.05, 0) is 18.6 Å². The molecule has 1 aliphatic rings. The normalized spacial score (nSPS) is 20.3. The van der Waals surface area contributed by atoms with Crippen molar-refractivity contribution >= 4 is 12.4 Å². The fraction of sp³-hybridized carbons (Fsp3) is 0.385. The van der Waals surface area contributed by atoms with Crippen LogP contribution in [0.15, 0.2) is 22.7 Å². The molecule has 8 heteroatoms. The average Bonchev–Trinajstić information content (AvgIpc) is 2.99. The van der Waals surface area contributed by atoms with Crippen LogP contribution in [0, 0.1) is 12.7 Å². The summed E-state index contributed by atoms with van der Waals surface area (Å²) < 4.78 is 44.7. The van der Waals surface area contributed by atoms with Crippen LogP contribution < -0.4 is 5.32 Å². The molecular weight excluding hydrogens is 307 g/mol. The van der Waals surface area contributed by atoms with Gasteiger partial charge in [-0.3, -0.25) is 5.32 Å². The Morgan fingerprint density at radius 1 is 1.38 bits per heavy atom. The first-order valence-corrected chi connectivity index (χ1v) is 6.16. The maximum Gasteiger partial charge on any atom is 0.262 e. The molecule has 0 radical (unpaired) electrons. The van der Waals surface area contributed by atoms with Gasteiger partial charge in [-0.1, -0.05) is 17.3 Å². The van der Waals surface area contributed by atoms with E-state index < -0.39 is 18.5 Å². The zero-order chi connectivity index (χ0) is 14.3. The van der Waals surface area contributed by atoms with Crippen LogP contribution in [0.3, 0.4) is 0 Å². The number of nitrogens with zero attached hydrogens (tertiary/aromatic N) is 2. The van der Waals surface area contributed by atoms with Gasteiger partial charge in [-0.2, -0.15) is 4.98 Å². The van der Waals surface area contributed by atoms with Gasteiger partial charge in [-0.25, -0.2) is 13.2 Å². The minimum atomic E-state index is -2.77. The van der Waals surface area contributed by atoms with E-state index in [0.717, 1.165) is 0 Å². The van der Waals surface area contributed by atoms with Gasteiger partial charge < -0.3 is 4.52 Å². The van der Waals surface area contributed by atoms with Crippen molar-refractivity contribution in [2.24, 2.45) is 0 Å². The van der Waals surface area contributed by atoms with Gasteiger partial charge in [0.1, 0.15) is 5.82 Å². The van der Waals surface area contributed by atoms with Crippen molar-refractivity contribution in [3.63, 3.8) is 0 Å². The number of hydrogen-bond acceptors (Lipinski definition) is 4. The van der Waals surface area contributed by atoms with E-state index in [-0.39, 0.29) is 36.4 Å². The van der Waals surface area contributed by atoms with Crippen molar-refractivity contribution in [1.82, 2.24) is 15.5 Å². The highest BCUT2D eigenvalue weighted by molar-refractivity contribution is 5.85. The minimum absolute atomic E-state index is 0. The lowest BCUT2D eigenvalue weighted by Gasteiger charge is -2.04. The first-order valence-electron chi connectivity index (χ1n) is 6.16. The Hall–Kier alpha value is -1.60. The molecule has 114 valence electrons. The molecule has 1 aromatic heterocycles. The van der Waals surface area contributed by atoms with Crippen LogP contribution in [0.2, 0.25) is 0 Å². The van der Waals surface area contributed by atoms with Crippen LogP contribution in [0.1, 0.15) is 23.9 Å². The molecule has 1 N–H and O–H groups in total. The van der Waals surface area contributed by atoms with Gasteiger partial charge in [0, 0.05) is 12.0 Å². The molecule has 1 aliphatic heterocycles. The lowest BCUT2D eigenvalue weighted by atomic mass is 10.1. The summed E-state index contributed by atoms with van der Waals surface area (Å²) in [5.74, 6) is -2.86. The molecule has 1 unspecified atom stereocenters. The second-order valence-electron chi connectivity index (χ2n) is 4.91. The molecule has 4 nitrogen and oxygen atoms in total. The Balaban J connectivity index is 0.00000161. The number of halogens is 4. The van der Waals surface area contributed by atoms with Crippen LogP contribution in [0.5, 0.6) is 0 Å². The third kappa shape index (κ3) is 3.19. The highest BCUT2D eigenvalue weighted by Gasteiger charge is 2.42. The SMILES string of the molecule is Cc1ccc(-c2noc(C3CC(F)(F)CN3)n2)cc1F.Cl. The van der Waals surface area contributed by atoms with Crippen LogP contribution in [0.4, 0.5) is 13.2 Å². The largest absolute Gasteiger partial charge is 0.337 e. The maximum atomic E-state index is 13.5. The topological polar surface area (TPSA) is 51.0 Å². The summed E-state index contributed by atoms with van der Waals surface area (Å²) in [5.41, 5.74) is 0.961. The summed E-state index contributed by atoms with van der Waals surface area (Å²) in [6.45, 7) is 1.24. The van der Waals surface area contributed by atoms with E-state index in [1.807, 2.05) is 0 Å². The molecule has 0 saturated carbocycles. The lowest BCUT2D eigenvalue weighted by molar-refractivity contribution is 0.0200. The molecule has 1 atom stereocenters. The van der Waals surface area contributed by atoms with E-state index in [1.165, 1.54) is 6.07 Å². The van der Waals surface area contributed by atoms with Gasteiger partial charge in [0.05, 0.1) is 12.6 Å².